The van der Waals surface area contributed by atoms with Gasteiger partial charge < -0.3 is 15.5 Å². The predicted molar refractivity (Wildman–Crippen MR) is 88.1 cm³/mol. The number of para-hydroxylation sites is 1. The number of likely N-dealkylation sites (N-methyl/N-ethyl adjacent to an activating group) is 1. The standard InChI is InChI=1S/C14H21N3O.2ClH/c1-17(13-7-8-13)10-9-15-14(18)11-16-12-5-3-2-4-6-12;;/h2-6,13,16H,7-11H2,1H3,(H,15,18);2*1H. The van der Waals surface area contributed by atoms with E-state index in [1.807, 2.05) is 30.3 Å². The number of carbonyl (C=O) groups is 1. The number of benzene rings is 1. The molecule has 0 aliphatic heterocycles. The van der Waals surface area contributed by atoms with E-state index >= 15 is 0 Å². The summed E-state index contributed by atoms with van der Waals surface area (Å²) in [7, 11) is 2.12. The Morgan fingerprint density at radius 1 is 1.25 bits per heavy atom. The fraction of sp³-hybridized carbons (Fsp3) is 0.500. The molecular weight excluding hydrogens is 297 g/mol. The highest BCUT2D eigenvalue weighted by atomic mass is 35.5. The Kier molecular flexibility index (Phi) is 9.38. The second-order valence-electron chi connectivity index (χ2n) is 4.78. The van der Waals surface area contributed by atoms with E-state index < -0.39 is 0 Å². The van der Waals surface area contributed by atoms with Gasteiger partial charge in [0.15, 0.2) is 0 Å². The maximum absolute atomic E-state index is 11.6. The van der Waals surface area contributed by atoms with Crippen LogP contribution in [0, 0.1) is 0 Å². The molecule has 1 aliphatic carbocycles. The van der Waals surface area contributed by atoms with Crippen molar-refractivity contribution < 1.29 is 4.79 Å². The van der Waals surface area contributed by atoms with Crippen LogP contribution >= 0.6 is 24.8 Å². The molecule has 1 amide bonds. The molecule has 0 bridgehead atoms. The van der Waals surface area contributed by atoms with Gasteiger partial charge in [-0.1, -0.05) is 18.2 Å². The zero-order chi connectivity index (χ0) is 12.8. The van der Waals surface area contributed by atoms with Crippen LogP contribution in [0.4, 0.5) is 5.69 Å². The lowest BCUT2D eigenvalue weighted by molar-refractivity contribution is -0.119. The van der Waals surface area contributed by atoms with E-state index in [-0.39, 0.29) is 30.7 Å². The number of hydrogen-bond acceptors (Lipinski definition) is 3. The second-order valence-corrected chi connectivity index (χ2v) is 4.78. The van der Waals surface area contributed by atoms with Gasteiger partial charge in [0.1, 0.15) is 0 Å². The van der Waals surface area contributed by atoms with Gasteiger partial charge >= 0.3 is 0 Å². The number of rotatable bonds is 7. The highest BCUT2D eigenvalue weighted by molar-refractivity contribution is 5.85. The third kappa shape index (κ3) is 6.98. The molecule has 2 rings (SSSR count). The first-order chi connectivity index (χ1) is 8.75. The molecule has 1 aromatic rings. The van der Waals surface area contributed by atoms with Crippen molar-refractivity contribution in [3.05, 3.63) is 30.3 Å². The summed E-state index contributed by atoms with van der Waals surface area (Å²) in [6, 6.07) is 10.5. The van der Waals surface area contributed by atoms with Crippen molar-refractivity contribution in [3.63, 3.8) is 0 Å². The summed E-state index contributed by atoms with van der Waals surface area (Å²) in [5, 5.41) is 6.02. The summed E-state index contributed by atoms with van der Waals surface area (Å²) >= 11 is 0. The Labute approximate surface area is 133 Å². The molecule has 4 nitrogen and oxygen atoms in total. The fourth-order valence-electron chi connectivity index (χ4n) is 1.87. The number of nitrogens with one attached hydrogen (secondary N) is 2. The number of hydrogen-bond donors (Lipinski definition) is 2. The van der Waals surface area contributed by atoms with Gasteiger partial charge in [-0.05, 0) is 32.0 Å². The first-order valence-corrected chi connectivity index (χ1v) is 6.51. The third-order valence-corrected chi connectivity index (χ3v) is 3.18. The molecule has 0 radical (unpaired) electrons. The molecule has 0 atom stereocenters. The molecule has 1 saturated carbocycles. The molecule has 0 unspecified atom stereocenters. The molecule has 20 heavy (non-hydrogen) atoms. The van der Waals surface area contributed by atoms with Crippen LogP contribution in [0.25, 0.3) is 0 Å². The molecule has 1 fully saturated rings. The van der Waals surface area contributed by atoms with Gasteiger partial charge in [0.2, 0.25) is 5.91 Å². The monoisotopic (exact) mass is 319 g/mol. The normalized spacial score (nSPS) is 13.1. The van der Waals surface area contributed by atoms with Crippen LogP contribution in [0.1, 0.15) is 12.8 Å². The van der Waals surface area contributed by atoms with E-state index in [1.165, 1.54) is 12.8 Å². The van der Waals surface area contributed by atoms with Crippen molar-refractivity contribution in [2.75, 3.05) is 32.0 Å². The van der Waals surface area contributed by atoms with Crippen molar-refractivity contribution in [1.29, 1.82) is 0 Å². The van der Waals surface area contributed by atoms with Crippen LogP contribution in [-0.2, 0) is 4.79 Å². The van der Waals surface area contributed by atoms with E-state index in [0.717, 1.165) is 24.8 Å². The number of amides is 1. The molecule has 0 heterocycles. The van der Waals surface area contributed by atoms with Crippen molar-refractivity contribution in [2.24, 2.45) is 0 Å². The third-order valence-electron chi connectivity index (χ3n) is 3.18. The summed E-state index contributed by atoms with van der Waals surface area (Å²) in [4.78, 5) is 13.9. The Morgan fingerprint density at radius 3 is 2.50 bits per heavy atom. The molecular formula is C14H23Cl2N3O. The van der Waals surface area contributed by atoms with Crippen molar-refractivity contribution in [1.82, 2.24) is 10.2 Å². The minimum atomic E-state index is 0. The summed E-state index contributed by atoms with van der Waals surface area (Å²) in [5.74, 6) is 0.0445. The number of carbonyl (C=O) groups excluding carboxylic acids is 1. The molecule has 2 N–H and O–H groups in total. The topological polar surface area (TPSA) is 44.4 Å². The Balaban J connectivity index is 0.00000180. The summed E-state index contributed by atoms with van der Waals surface area (Å²) < 4.78 is 0. The first-order valence-electron chi connectivity index (χ1n) is 6.51. The van der Waals surface area contributed by atoms with Crippen LogP contribution in [0.5, 0.6) is 0 Å². The lowest BCUT2D eigenvalue weighted by atomic mass is 10.3. The maximum Gasteiger partial charge on any atom is 0.239 e. The zero-order valence-corrected chi connectivity index (χ0v) is 13.3. The number of nitrogens with zero attached hydrogens (tertiary/aromatic N) is 1. The van der Waals surface area contributed by atoms with Gasteiger partial charge in [-0.3, -0.25) is 4.79 Å². The van der Waals surface area contributed by atoms with Gasteiger partial charge in [-0.2, -0.15) is 0 Å². The first kappa shape index (κ1) is 19.0. The quantitative estimate of drug-likeness (QED) is 0.809. The Morgan fingerprint density at radius 2 is 1.90 bits per heavy atom. The van der Waals surface area contributed by atoms with Crippen molar-refractivity contribution >= 4 is 36.4 Å². The van der Waals surface area contributed by atoms with E-state index in [4.69, 9.17) is 0 Å². The smallest absolute Gasteiger partial charge is 0.239 e. The van der Waals surface area contributed by atoms with E-state index in [9.17, 15) is 4.79 Å². The summed E-state index contributed by atoms with van der Waals surface area (Å²) in [6.45, 7) is 1.99. The highest BCUT2D eigenvalue weighted by Gasteiger charge is 2.25. The Bertz CT molecular complexity index is 385. The van der Waals surface area contributed by atoms with Gasteiger partial charge in [0, 0.05) is 24.8 Å². The van der Waals surface area contributed by atoms with Crippen LogP contribution in [0.3, 0.4) is 0 Å². The predicted octanol–water partition coefficient (Wildman–Crippen LogP) is 2.15. The number of halogens is 2. The van der Waals surface area contributed by atoms with Crippen molar-refractivity contribution in [2.45, 2.75) is 18.9 Å². The summed E-state index contributed by atoms with van der Waals surface area (Å²) in [6.07, 6.45) is 2.61. The van der Waals surface area contributed by atoms with Crippen LogP contribution in [0.2, 0.25) is 0 Å². The minimum absolute atomic E-state index is 0. The van der Waals surface area contributed by atoms with Gasteiger partial charge in [0.25, 0.3) is 0 Å². The lowest BCUT2D eigenvalue weighted by Gasteiger charge is -2.15. The largest absolute Gasteiger partial charge is 0.376 e. The lowest BCUT2D eigenvalue weighted by Crippen LogP contribution is -2.36. The van der Waals surface area contributed by atoms with E-state index in [0.29, 0.717) is 6.54 Å². The molecule has 1 aliphatic rings. The van der Waals surface area contributed by atoms with Crippen LogP contribution < -0.4 is 10.6 Å². The van der Waals surface area contributed by atoms with Gasteiger partial charge in [-0.15, -0.1) is 24.8 Å². The van der Waals surface area contributed by atoms with Gasteiger partial charge in [0.05, 0.1) is 6.54 Å². The second kappa shape index (κ2) is 9.86. The molecule has 6 heteroatoms. The molecule has 114 valence electrons. The molecule has 0 aromatic heterocycles. The average Bonchev–Trinajstić information content (AvgIpc) is 3.22. The molecule has 1 aromatic carbocycles. The van der Waals surface area contributed by atoms with Crippen LogP contribution in [-0.4, -0.2) is 43.5 Å². The number of anilines is 1. The Hall–Kier alpha value is -0.970. The van der Waals surface area contributed by atoms with Crippen LogP contribution in [0.15, 0.2) is 30.3 Å². The van der Waals surface area contributed by atoms with E-state index in [2.05, 4.69) is 22.6 Å². The highest BCUT2D eigenvalue weighted by Crippen LogP contribution is 2.24. The molecule has 0 saturated heterocycles. The SMILES string of the molecule is CN(CCNC(=O)CNc1ccccc1)C1CC1.Cl.Cl. The van der Waals surface area contributed by atoms with Gasteiger partial charge in [-0.25, -0.2) is 0 Å². The van der Waals surface area contributed by atoms with Crippen molar-refractivity contribution in [3.8, 4) is 0 Å². The summed E-state index contributed by atoms with van der Waals surface area (Å²) in [5.41, 5.74) is 0.975. The average molecular weight is 320 g/mol. The maximum atomic E-state index is 11.6. The molecule has 0 spiro atoms. The zero-order valence-electron chi connectivity index (χ0n) is 11.7. The fourth-order valence-corrected chi connectivity index (χ4v) is 1.87. The minimum Gasteiger partial charge on any atom is -0.376 e. The van der Waals surface area contributed by atoms with E-state index in [1.54, 1.807) is 0 Å².